The summed E-state index contributed by atoms with van der Waals surface area (Å²) in [5, 5.41) is 29.4. The number of aryl methyl sites for hydroxylation is 1. The van der Waals surface area contributed by atoms with E-state index in [2.05, 4.69) is 27.7 Å². The van der Waals surface area contributed by atoms with Crippen molar-refractivity contribution in [3.63, 3.8) is 0 Å². The number of hydrogen-bond acceptors (Lipinski definition) is 3. The average Bonchev–Trinajstić information content (AvgIpc) is 2.85. The highest BCUT2D eigenvalue weighted by Crippen LogP contribution is 2.28. The van der Waals surface area contributed by atoms with Gasteiger partial charge in [-0.25, -0.2) is 14.4 Å². The van der Waals surface area contributed by atoms with Crippen LogP contribution in [0.15, 0.2) is 6.07 Å². The largest absolute Gasteiger partial charge is 0.478 e. The van der Waals surface area contributed by atoms with Crippen LogP contribution >= 0.6 is 0 Å². The summed E-state index contributed by atoms with van der Waals surface area (Å²) in [5.74, 6) is -2.78. The number of carbonyl (C=O) groups is 3. The lowest BCUT2D eigenvalue weighted by atomic mass is 9.86. The van der Waals surface area contributed by atoms with Crippen LogP contribution in [0.3, 0.4) is 0 Å². The van der Waals surface area contributed by atoms with Crippen LogP contribution in [0.5, 0.6) is 0 Å². The highest BCUT2D eigenvalue weighted by molar-refractivity contribution is 6.10. The minimum absolute atomic E-state index is 0.337. The van der Waals surface area contributed by atoms with Gasteiger partial charge in [0, 0.05) is 0 Å². The van der Waals surface area contributed by atoms with E-state index in [1.54, 1.807) is 0 Å². The quantitative estimate of drug-likeness (QED) is 0.118. The maximum atomic E-state index is 12.2. The molecule has 0 saturated heterocycles. The summed E-state index contributed by atoms with van der Waals surface area (Å²) in [6, 6.07) is 1.42. The Labute approximate surface area is 236 Å². The molecule has 6 heteroatoms. The summed E-state index contributed by atoms with van der Waals surface area (Å²) in [7, 11) is 0. The average molecular weight is 547 g/mol. The standard InChI is InChI=1S/C33H54O6/c1-24(2)19-15-11-7-5-9-13-17-21-26-23-28(31(34)35)30(33(38)39)29(32(36)37)27(26)22-18-14-10-6-8-12-16-20-25(3)4/h23-25H,5-22H2,1-4H3,(H,34,35)(H,36,37)(H,38,39). The molecule has 0 unspecified atom stereocenters. The number of carboxylic acids is 3. The van der Waals surface area contributed by atoms with Crippen molar-refractivity contribution < 1.29 is 29.7 Å². The third-order valence-electron chi connectivity index (χ3n) is 7.62. The predicted octanol–water partition coefficient (Wildman–Crippen LogP) is 9.42. The zero-order valence-electron chi connectivity index (χ0n) is 25.0. The summed E-state index contributed by atoms with van der Waals surface area (Å²) < 4.78 is 0. The Balaban J connectivity index is 2.83. The van der Waals surface area contributed by atoms with Crippen LogP contribution in [0.4, 0.5) is 0 Å². The molecule has 0 aliphatic carbocycles. The Bertz CT molecular complexity index is 887. The number of aromatic carboxylic acids is 3. The molecule has 0 atom stereocenters. The first-order valence-electron chi connectivity index (χ1n) is 15.4. The van der Waals surface area contributed by atoms with E-state index < -0.39 is 29.0 Å². The van der Waals surface area contributed by atoms with E-state index in [-0.39, 0.29) is 5.56 Å². The van der Waals surface area contributed by atoms with Gasteiger partial charge in [-0.3, -0.25) is 0 Å². The molecule has 222 valence electrons. The van der Waals surface area contributed by atoms with E-state index in [1.165, 1.54) is 63.9 Å². The van der Waals surface area contributed by atoms with Gasteiger partial charge in [0.15, 0.2) is 0 Å². The Morgan fingerprint density at radius 2 is 0.923 bits per heavy atom. The third-order valence-corrected chi connectivity index (χ3v) is 7.62. The molecule has 39 heavy (non-hydrogen) atoms. The molecule has 0 aliphatic rings. The Morgan fingerprint density at radius 3 is 1.31 bits per heavy atom. The van der Waals surface area contributed by atoms with Gasteiger partial charge in [-0.15, -0.1) is 0 Å². The molecule has 0 bridgehead atoms. The zero-order valence-corrected chi connectivity index (χ0v) is 25.0. The van der Waals surface area contributed by atoms with Crippen molar-refractivity contribution >= 4 is 17.9 Å². The van der Waals surface area contributed by atoms with Gasteiger partial charge in [0.2, 0.25) is 0 Å². The molecule has 1 aromatic carbocycles. The van der Waals surface area contributed by atoms with Crippen LogP contribution in [-0.4, -0.2) is 33.2 Å². The number of benzene rings is 1. The van der Waals surface area contributed by atoms with Gasteiger partial charge in [-0.1, -0.05) is 118 Å². The second kappa shape index (κ2) is 19.7. The summed E-state index contributed by atoms with van der Waals surface area (Å²) >= 11 is 0. The molecule has 0 aliphatic heterocycles. The number of unbranched alkanes of at least 4 members (excludes halogenated alkanes) is 12. The van der Waals surface area contributed by atoms with Gasteiger partial charge < -0.3 is 15.3 Å². The molecule has 0 amide bonds. The van der Waals surface area contributed by atoms with Crippen molar-refractivity contribution in [3.05, 3.63) is 33.9 Å². The summed E-state index contributed by atoms with van der Waals surface area (Å²) in [4.78, 5) is 36.1. The monoisotopic (exact) mass is 546 g/mol. The first-order chi connectivity index (χ1) is 18.6. The van der Waals surface area contributed by atoms with E-state index in [9.17, 15) is 29.7 Å². The fourth-order valence-corrected chi connectivity index (χ4v) is 5.41. The predicted molar refractivity (Wildman–Crippen MR) is 158 cm³/mol. The van der Waals surface area contributed by atoms with Gasteiger partial charge in [-0.2, -0.15) is 0 Å². The van der Waals surface area contributed by atoms with Crippen LogP contribution in [0.1, 0.15) is 173 Å². The number of hydrogen-bond donors (Lipinski definition) is 3. The molecule has 3 N–H and O–H groups in total. The fourth-order valence-electron chi connectivity index (χ4n) is 5.41. The molecular formula is C33H54O6. The molecule has 0 aromatic heterocycles. The lowest BCUT2D eigenvalue weighted by Crippen LogP contribution is -2.19. The molecule has 6 nitrogen and oxygen atoms in total. The maximum Gasteiger partial charge on any atom is 0.337 e. The zero-order chi connectivity index (χ0) is 29.2. The molecule has 0 radical (unpaired) electrons. The van der Waals surface area contributed by atoms with Gasteiger partial charge >= 0.3 is 17.9 Å². The molecule has 0 fully saturated rings. The molecular weight excluding hydrogens is 492 g/mol. The minimum atomic E-state index is -1.50. The van der Waals surface area contributed by atoms with Crippen molar-refractivity contribution in [2.24, 2.45) is 11.8 Å². The van der Waals surface area contributed by atoms with E-state index in [0.717, 1.165) is 56.8 Å². The maximum absolute atomic E-state index is 12.2. The summed E-state index contributed by atoms with van der Waals surface area (Å²) in [5.41, 5.74) is -0.169. The molecule has 0 heterocycles. The van der Waals surface area contributed by atoms with Crippen molar-refractivity contribution in [2.75, 3.05) is 0 Å². The highest BCUT2D eigenvalue weighted by atomic mass is 16.4. The van der Waals surface area contributed by atoms with Crippen molar-refractivity contribution in [2.45, 2.75) is 143 Å². The van der Waals surface area contributed by atoms with Crippen molar-refractivity contribution in [1.29, 1.82) is 0 Å². The number of rotatable bonds is 23. The smallest absolute Gasteiger partial charge is 0.337 e. The Morgan fingerprint density at radius 1 is 0.538 bits per heavy atom. The normalized spacial score (nSPS) is 11.4. The summed E-state index contributed by atoms with van der Waals surface area (Å²) in [6.07, 6.45) is 19.0. The minimum Gasteiger partial charge on any atom is -0.478 e. The molecule has 0 spiro atoms. The Kier molecular flexibility index (Phi) is 17.5. The van der Waals surface area contributed by atoms with E-state index in [1.807, 2.05) is 0 Å². The lowest BCUT2D eigenvalue weighted by Gasteiger charge is -2.17. The first kappa shape index (κ1) is 34.7. The van der Waals surface area contributed by atoms with Crippen LogP contribution in [-0.2, 0) is 12.8 Å². The second-order valence-electron chi connectivity index (χ2n) is 12.0. The third kappa shape index (κ3) is 14.0. The van der Waals surface area contributed by atoms with Crippen molar-refractivity contribution in [1.82, 2.24) is 0 Å². The van der Waals surface area contributed by atoms with E-state index in [4.69, 9.17) is 0 Å². The SMILES string of the molecule is CC(C)CCCCCCCCCc1cc(C(=O)O)c(C(=O)O)c(C(=O)O)c1CCCCCCCCCC(C)C. The van der Waals surface area contributed by atoms with E-state index >= 15 is 0 Å². The van der Waals surface area contributed by atoms with Gasteiger partial charge in [0.1, 0.15) is 0 Å². The summed E-state index contributed by atoms with van der Waals surface area (Å²) in [6.45, 7) is 8.99. The first-order valence-corrected chi connectivity index (χ1v) is 15.4. The van der Waals surface area contributed by atoms with Crippen LogP contribution in [0.25, 0.3) is 0 Å². The molecule has 1 aromatic rings. The fraction of sp³-hybridized carbons (Fsp3) is 0.727. The highest BCUT2D eigenvalue weighted by Gasteiger charge is 2.29. The van der Waals surface area contributed by atoms with Crippen molar-refractivity contribution in [3.8, 4) is 0 Å². The molecule has 0 saturated carbocycles. The van der Waals surface area contributed by atoms with Gasteiger partial charge in [0.25, 0.3) is 0 Å². The van der Waals surface area contributed by atoms with Gasteiger partial charge in [0.05, 0.1) is 16.7 Å². The van der Waals surface area contributed by atoms with Crippen LogP contribution in [0, 0.1) is 11.8 Å². The lowest BCUT2D eigenvalue weighted by molar-refractivity contribution is 0.0632. The molecule has 1 rings (SSSR count). The van der Waals surface area contributed by atoms with Gasteiger partial charge in [-0.05, 0) is 54.7 Å². The topological polar surface area (TPSA) is 112 Å². The second-order valence-corrected chi connectivity index (χ2v) is 12.0. The van der Waals surface area contributed by atoms with E-state index in [0.29, 0.717) is 24.0 Å². The van der Waals surface area contributed by atoms with Crippen LogP contribution < -0.4 is 0 Å². The Hall–Kier alpha value is -2.37. The van der Waals surface area contributed by atoms with Crippen LogP contribution in [0.2, 0.25) is 0 Å². The number of carboxylic acid groups (broad SMARTS) is 3.